The maximum atomic E-state index is 8.94. The Labute approximate surface area is 81.8 Å². The topological polar surface area (TPSA) is 79.0 Å². The molecule has 4 N–H and O–H groups in total. The fourth-order valence-electron chi connectivity index (χ4n) is 1.42. The highest BCUT2D eigenvalue weighted by Gasteiger charge is 2.26. The monoisotopic (exact) mass is 194 g/mol. The van der Waals surface area contributed by atoms with Gasteiger partial charge in [0.2, 0.25) is 6.35 Å². The minimum Gasteiger partial charge on any atom is -0.455 e. The van der Waals surface area contributed by atoms with Crippen molar-refractivity contribution in [3.63, 3.8) is 0 Å². The lowest BCUT2D eigenvalue weighted by atomic mass is 9.80. The predicted octanol–water partition coefficient (Wildman–Crippen LogP) is -1.56. The van der Waals surface area contributed by atoms with Gasteiger partial charge in [-0.2, -0.15) is 0 Å². The maximum absolute atomic E-state index is 8.94. The number of hydrogen-bond donors (Lipinski definition) is 3. The normalized spacial score (nSPS) is 19.1. The van der Waals surface area contributed by atoms with Crippen molar-refractivity contribution >= 4 is 18.3 Å². The standard InChI is InChI=1S/C8H11BN2O3/c1-11-6-3-2-5(9(12)13)4-7(6)14-8(11)10/h2-4,8,12-13H,10H2,1H3. The van der Waals surface area contributed by atoms with Crippen LogP contribution < -0.4 is 20.8 Å². The van der Waals surface area contributed by atoms with E-state index in [4.69, 9.17) is 20.5 Å². The molecule has 2 rings (SSSR count). The first-order valence-corrected chi connectivity index (χ1v) is 4.25. The van der Waals surface area contributed by atoms with E-state index in [0.717, 1.165) is 5.69 Å². The summed E-state index contributed by atoms with van der Waals surface area (Å²) < 4.78 is 5.29. The van der Waals surface area contributed by atoms with Gasteiger partial charge in [-0.05, 0) is 17.6 Å². The summed E-state index contributed by atoms with van der Waals surface area (Å²) in [6, 6.07) is 4.95. The second-order valence-corrected chi connectivity index (χ2v) is 3.22. The SMILES string of the molecule is CN1c2ccc(B(O)O)cc2OC1N. The average molecular weight is 194 g/mol. The molecule has 74 valence electrons. The van der Waals surface area contributed by atoms with Crippen LogP contribution in [0, 0.1) is 0 Å². The van der Waals surface area contributed by atoms with Crippen molar-refractivity contribution in [1.82, 2.24) is 0 Å². The smallest absolute Gasteiger partial charge is 0.455 e. The number of fused-ring (bicyclic) bond motifs is 1. The van der Waals surface area contributed by atoms with Gasteiger partial charge in [0.15, 0.2) is 0 Å². The van der Waals surface area contributed by atoms with Crippen LogP contribution in [0.15, 0.2) is 18.2 Å². The van der Waals surface area contributed by atoms with Crippen molar-refractivity contribution in [1.29, 1.82) is 0 Å². The molecule has 1 aromatic rings. The van der Waals surface area contributed by atoms with Crippen molar-refractivity contribution in [2.75, 3.05) is 11.9 Å². The molecule has 0 amide bonds. The van der Waals surface area contributed by atoms with Crippen molar-refractivity contribution in [2.45, 2.75) is 6.35 Å². The van der Waals surface area contributed by atoms with E-state index in [1.165, 1.54) is 0 Å². The number of ether oxygens (including phenoxy) is 1. The number of rotatable bonds is 1. The van der Waals surface area contributed by atoms with E-state index in [0.29, 0.717) is 11.2 Å². The number of hydrogen-bond acceptors (Lipinski definition) is 5. The molecule has 1 aliphatic rings. The first kappa shape index (κ1) is 9.33. The Bertz CT molecular complexity index is 358. The van der Waals surface area contributed by atoms with Gasteiger partial charge in [-0.1, -0.05) is 6.07 Å². The van der Waals surface area contributed by atoms with Crippen molar-refractivity contribution in [3.05, 3.63) is 18.2 Å². The van der Waals surface area contributed by atoms with Gasteiger partial charge < -0.3 is 19.7 Å². The number of anilines is 1. The zero-order valence-corrected chi connectivity index (χ0v) is 7.71. The molecule has 1 atom stereocenters. The molecule has 1 aromatic carbocycles. The highest BCUT2D eigenvalue weighted by molar-refractivity contribution is 6.58. The quantitative estimate of drug-likeness (QED) is 0.471. The lowest BCUT2D eigenvalue weighted by Gasteiger charge is -2.14. The fourth-order valence-corrected chi connectivity index (χ4v) is 1.42. The lowest BCUT2D eigenvalue weighted by Crippen LogP contribution is -2.39. The van der Waals surface area contributed by atoms with E-state index in [2.05, 4.69) is 0 Å². The molecule has 0 saturated heterocycles. The molecule has 0 bridgehead atoms. The zero-order valence-electron chi connectivity index (χ0n) is 7.71. The Kier molecular flexibility index (Phi) is 2.11. The van der Waals surface area contributed by atoms with Crippen LogP contribution in [-0.2, 0) is 0 Å². The van der Waals surface area contributed by atoms with Gasteiger partial charge in [-0.3, -0.25) is 5.73 Å². The van der Waals surface area contributed by atoms with E-state index in [1.54, 1.807) is 23.1 Å². The molecule has 0 aromatic heterocycles. The van der Waals surface area contributed by atoms with Crippen LogP contribution in [-0.4, -0.2) is 30.6 Å². The summed E-state index contributed by atoms with van der Waals surface area (Å²) in [5, 5.41) is 17.9. The van der Waals surface area contributed by atoms with Crippen LogP contribution in [0.5, 0.6) is 5.75 Å². The molecule has 1 unspecified atom stereocenters. The van der Waals surface area contributed by atoms with Crippen LogP contribution in [0.3, 0.4) is 0 Å². The summed E-state index contributed by atoms with van der Waals surface area (Å²) in [5.41, 5.74) is 6.88. The van der Waals surface area contributed by atoms with Crippen molar-refractivity contribution < 1.29 is 14.8 Å². The minimum atomic E-state index is -1.48. The maximum Gasteiger partial charge on any atom is 0.488 e. The Morgan fingerprint density at radius 1 is 1.50 bits per heavy atom. The molecule has 0 spiro atoms. The third-order valence-electron chi connectivity index (χ3n) is 2.29. The number of nitrogens with two attached hydrogens (primary N) is 1. The molecule has 5 nitrogen and oxygen atoms in total. The predicted molar refractivity (Wildman–Crippen MR) is 53.3 cm³/mol. The summed E-state index contributed by atoms with van der Waals surface area (Å²) in [4.78, 5) is 1.77. The second-order valence-electron chi connectivity index (χ2n) is 3.22. The second kappa shape index (κ2) is 3.16. The van der Waals surface area contributed by atoms with Crippen LogP contribution >= 0.6 is 0 Å². The Morgan fingerprint density at radius 2 is 2.21 bits per heavy atom. The van der Waals surface area contributed by atoms with Crippen molar-refractivity contribution in [2.24, 2.45) is 5.73 Å². The molecule has 0 saturated carbocycles. The van der Waals surface area contributed by atoms with Gasteiger partial charge in [0.25, 0.3) is 0 Å². The molecular formula is C8H11BN2O3. The summed E-state index contributed by atoms with van der Waals surface area (Å²) in [6.45, 7) is 0. The largest absolute Gasteiger partial charge is 0.488 e. The van der Waals surface area contributed by atoms with Gasteiger partial charge in [-0.15, -0.1) is 0 Å². The average Bonchev–Trinajstić information content (AvgIpc) is 2.42. The van der Waals surface area contributed by atoms with E-state index in [-0.39, 0.29) is 0 Å². The zero-order chi connectivity index (χ0) is 10.3. The minimum absolute atomic E-state index is 0.395. The van der Waals surface area contributed by atoms with Crippen molar-refractivity contribution in [3.8, 4) is 5.75 Å². The van der Waals surface area contributed by atoms with E-state index < -0.39 is 13.5 Å². The van der Waals surface area contributed by atoms with E-state index in [9.17, 15) is 0 Å². The Balaban J connectivity index is 2.39. The lowest BCUT2D eigenvalue weighted by molar-refractivity contribution is 0.238. The highest BCUT2D eigenvalue weighted by atomic mass is 16.5. The van der Waals surface area contributed by atoms with Gasteiger partial charge in [0.1, 0.15) is 5.75 Å². The third-order valence-corrected chi connectivity index (χ3v) is 2.29. The summed E-state index contributed by atoms with van der Waals surface area (Å²) >= 11 is 0. The number of nitrogens with zero attached hydrogens (tertiary/aromatic N) is 1. The summed E-state index contributed by atoms with van der Waals surface area (Å²) in [5.74, 6) is 0.575. The first-order chi connectivity index (χ1) is 6.59. The Hall–Kier alpha value is -1.24. The number of benzene rings is 1. The molecule has 1 aliphatic heterocycles. The molecule has 0 fully saturated rings. The van der Waals surface area contributed by atoms with Gasteiger partial charge in [0, 0.05) is 7.05 Å². The van der Waals surface area contributed by atoms with Gasteiger partial charge in [-0.25, -0.2) is 0 Å². The summed E-state index contributed by atoms with van der Waals surface area (Å²) in [6.07, 6.45) is -0.504. The molecule has 6 heteroatoms. The van der Waals surface area contributed by atoms with Crippen LogP contribution in [0.1, 0.15) is 0 Å². The molecule has 0 radical (unpaired) electrons. The molecule has 14 heavy (non-hydrogen) atoms. The third kappa shape index (κ3) is 1.33. The highest BCUT2D eigenvalue weighted by Crippen LogP contribution is 2.33. The van der Waals surface area contributed by atoms with Crippen LogP contribution in [0.2, 0.25) is 0 Å². The molecule has 1 heterocycles. The molecular weight excluding hydrogens is 183 g/mol. The summed E-state index contributed by atoms with van der Waals surface area (Å²) in [7, 11) is 0.331. The Morgan fingerprint density at radius 3 is 2.86 bits per heavy atom. The van der Waals surface area contributed by atoms with Crippen LogP contribution in [0.4, 0.5) is 5.69 Å². The van der Waals surface area contributed by atoms with Crippen LogP contribution in [0.25, 0.3) is 0 Å². The first-order valence-electron chi connectivity index (χ1n) is 4.25. The van der Waals surface area contributed by atoms with E-state index in [1.807, 2.05) is 7.05 Å². The van der Waals surface area contributed by atoms with E-state index >= 15 is 0 Å². The molecule has 0 aliphatic carbocycles. The van der Waals surface area contributed by atoms with Gasteiger partial charge >= 0.3 is 7.12 Å². The van der Waals surface area contributed by atoms with Gasteiger partial charge in [0.05, 0.1) is 5.69 Å². The fraction of sp³-hybridized carbons (Fsp3) is 0.250.